The summed E-state index contributed by atoms with van der Waals surface area (Å²) >= 11 is 0. The standard InChI is InChI=1S/C18H29N5O.C2HF3O2/c1-13(20-11-17-12-23(2)10-9-19-17)14-3-5-15(6-4-14)21-18(24)22-16-7-8-16;3-2(4,5)1(6)7/h3-6,13,16-17,19-20H,7-12H2,1-2H3,(H2,21,22,24);(H,6,7). The van der Waals surface area contributed by atoms with Crippen LogP contribution in [-0.2, 0) is 4.79 Å². The van der Waals surface area contributed by atoms with Crippen molar-refractivity contribution in [2.75, 3.05) is 38.5 Å². The number of carboxylic acids is 1. The Balaban J connectivity index is 0.000000423. The molecule has 1 aromatic rings. The number of piperazine rings is 1. The third kappa shape index (κ3) is 9.53. The number of alkyl halides is 3. The summed E-state index contributed by atoms with van der Waals surface area (Å²) < 4.78 is 31.7. The lowest BCUT2D eigenvalue weighted by Gasteiger charge is -2.31. The van der Waals surface area contributed by atoms with E-state index < -0.39 is 12.1 Å². The molecule has 3 rings (SSSR count). The summed E-state index contributed by atoms with van der Waals surface area (Å²) in [5.74, 6) is -2.76. The van der Waals surface area contributed by atoms with Gasteiger partial charge in [-0.15, -0.1) is 0 Å². The van der Waals surface area contributed by atoms with Gasteiger partial charge in [-0.1, -0.05) is 12.1 Å². The van der Waals surface area contributed by atoms with Crippen molar-refractivity contribution >= 4 is 17.7 Å². The van der Waals surface area contributed by atoms with Gasteiger partial charge in [0.15, 0.2) is 0 Å². The molecular formula is C20H30F3N5O3. The molecule has 2 amide bonds. The van der Waals surface area contributed by atoms with Gasteiger partial charge in [-0.2, -0.15) is 13.2 Å². The van der Waals surface area contributed by atoms with Crippen LogP contribution in [0.3, 0.4) is 0 Å². The van der Waals surface area contributed by atoms with Crippen molar-refractivity contribution in [1.82, 2.24) is 20.9 Å². The van der Waals surface area contributed by atoms with E-state index in [1.54, 1.807) is 0 Å². The molecule has 1 aromatic carbocycles. The SMILES string of the molecule is CC(NCC1CN(C)CCN1)c1ccc(NC(=O)NC2CC2)cc1.O=C(O)C(F)(F)F. The Labute approximate surface area is 179 Å². The molecule has 2 unspecified atom stereocenters. The zero-order valence-corrected chi connectivity index (χ0v) is 17.6. The van der Waals surface area contributed by atoms with Crippen molar-refractivity contribution in [3.05, 3.63) is 29.8 Å². The lowest BCUT2D eigenvalue weighted by molar-refractivity contribution is -0.192. The summed E-state index contributed by atoms with van der Waals surface area (Å²) in [6.45, 7) is 6.39. The Hall–Kier alpha value is -2.37. The van der Waals surface area contributed by atoms with Gasteiger partial charge < -0.3 is 31.3 Å². The number of nitrogens with zero attached hydrogens (tertiary/aromatic N) is 1. The predicted octanol–water partition coefficient (Wildman–Crippen LogP) is 2.16. The molecule has 0 spiro atoms. The molecule has 31 heavy (non-hydrogen) atoms. The molecule has 1 saturated carbocycles. The van der Waals surface area contributed by atoms with Crippen LogP contribution in [-0.4, -0.2) is 73.5 Å². The number of aliphatic carboxylic acids is 1. The maximum absolute atomic E-state index is 11.7. The minimum absolute atomic E-state index is 0.107. The van der Waals surface area contributed by atoms with E-state index in [4.69, 9.17) is 9.90 Å². The number of likely N-dealkylation sites (N-methyl/N-ethyl adjacent to an activating group) is 1. The quantitative estimate of drug-likeness (QED) is 0.460. The van der Waals surface area contributed by atoms with Crippen LogP contribution >= 0.6 is 0 Å². The summed E-state index contributed by atoms with van der Waals surface area (Å²) in [5.41, 5.74) is 2.06. The van der Waals surface area contributed by atoms with Gasteiger partial charge in [-0.05, 0) is 44.5 Å². The largest absolute Gasteiger partial charge is 0.490 e. The number of halogens is 3. The first-order chi connectivity index (χ1) is 14.5. The number of nitrogens with one attached hydrogen (secondary N) is 4. The molecular weight excluding hydrogens is 415 g/mol. The maximum atomic E-state index is 11.7. The average molecular weight is 445 g/mol. The number of rotatable bonds is 6. The molecule has 1 aliphatic heterocycles. The molecule has 8 nitrogen and oxygen atoms in total. The zero-order chi connectivity index (χ0) is 23.0. The number of carboxylic acid groups (broad SMARTS) is 1. The first-order valence-electron chi connectivity index (χ1n) is 10.2. The minimum atomic E-state index is -5.08. The highest BCUT2D eigenvalue weighted by Gasteiger charge is 2.38. The Morgan fingerprint density at radius 2 is 1.87 bits per heavy atom. The Morgan fingerprint density at radius 1 is 1.26 bits per heavy atom. The smallest absolute Gasteiger partial charge is 0.475 e. The summed E-state index contributed by atoms with van der Waals surface area (Å²) in [4.78, 5) is 23.0. The average Bonchev–Trinajstić information content (AvgIpc) is 3.50. The third-order valence-electron chi connectivity index (χ3n) is 4.95. The number of hydrogen-bond acceptors (Lipinski definition) is 5. The lowest BCUT2D eigenvalue weighted by atomic mass is 10.1. The number of anilines is 1. The summed E-state index contributed by atoms with van der Waals surface area (Å²) in [6, 6.07) is 9.13. The second kappa shape index (κ2) is 11.3. The fourth-order valence-electron chi connectivity index (χ4n) is 3.00. The fourth-order valence-corrected chi connectivity index (χ4v) is 3.00. The Bertz CT molecular complexity index is 726. The molecule has 2 atom stereocenters. The Kier molecular flexibility index (Phi) is 9.08. The first-order valence-corrected chi connectivity index (χ1v) is 10.2. The summed E-state index contributed by atoms with van der Waals surface area (Å²) in [7, 11) is 2.17. The third-order valence-corrected chi connectivity index (χ3v) is 4.95. The van der Waals surface area contributed by atoms with Crippen LogP contribution < -0.4 is 21.3 Å². The van der Waals surface area contributed by atoms with Crippen LogP contribution in [0.2, 0.25) is 0 Å². The van der Waals surface area contributed by atoms with Gasteiger partial charge in [0.25, 0.3) is 0 Å². The molecule has 1 heterocycles. The van der Waals surface area contributed by atoms with Crippen molar-refractivity contribution in [2.45, 2.75) is 44.1 Å². The van der Waals surface area contributed by atoms with Crippen LogP contribution in [0.25, 0.3) is 0 Å². The molecule has 0 aromatic heterocycles. The van der Waals surface area contributed by atoms with Crippen LogP contribution in [0, 0.1) is 0 Å². The molecule has 1 aliphatic carbocycles. The predicted molar refractivity (Wildman–Crippen MR) is 111 cm³/mol. The Morgan fingerprint density at radius 3 is 2.39 bits per heavy atom. The zero-order valence-electron chi connectivity index (χ0n) is 17.6. The number of urea groups is 1. The second-order valence-electron chi connectivity index (χ2n) is 7.84. The molecule has 5 N–H and O–H groups in total. The highest BCUT2D eigenvalue weighted by molar-refractivity contribution is 5.89. The van der Waals surface area contributed by atoms with Crippen LogP contribution in [0.15, 0.2) is 24.3 Å². The number of carbonyl (C=O) groups excluding carboxylic acids is 1. The summed E-state index contributed by atoms with van der Waals surface area (Å²) in [6.07, 6.45) is -2.89. The van der Waals surface area contributed by atoms with Crippen LogP contribution in [0.4, 0.5) is 23.7 Å². The van der Waals surface area contributed by atoms with Gasteiger partial charge in [-0.25, -0.2) is 9.59 Å². The molecule has 2 aliphatic rings. The van der Waals surface area contributed by atoms with Gasteiger partial charge in [0.2, 0.25) is 0 Å². The van der Waals surface area contributed by atoms with Gasteiger partial charge in [0, 0.05) is 50.0 Å². The maximum Gasteiger partial charge on any atom is 0.490 e. The number of amides is 2. The van der Waals surface area contributed by atoms with E-state index in [2.05, 4.69) is 52.3 Å². The van der Waals surface area contributed by atoms with E-state index in [1.165, 1.54) is 5.56 Å². The van der Waals surface area contributed by atoms with Gasteiger partial charge >= 0.3 is 18.2 Å². The van der Waals surface area contributed by atoms with E-state index in [-0.39, 0.29) is 12.1 Å². The van der Waals surface area contributed by atoms with E-state index in [9.17, 15) is 18.0 Å². The van der Waals surface area contributed by atoms with E-state index in [0.29, 0.717) is 12.1 Å². The van der Waals surface area contributed by atoms with Crippen molar-refractivity contribution in [3.8, 4) is 0 Å². The van der Waals surface area contributed by atoms with Crippen molar-refractivity contribution in [1.29, 1.82) is 0 Å². The van der Waals surface area contributed by atoms with E-state index in [1.807, 2.05) is 12.1 Å². The van der Waals surface area contributed by atoms with Gasteiger partial charge in [0.1, 0.15) is 0 Å². The molecule has 174 valence electrons. The van der Waals surface area contributed by atoms with Gasteiger partial charge in [0.05, 0.1) is 0 Å². The van der Waals surface area contributed by atoms with E-state index >= 15 is 0 Å². The second-order valence-corrected chi connectivity index (χ2v) is 7.84. The topological polar surface area (TPSA) is 106 Å². The molecule has 0 bridgehead atoms. The molecule has 2 fully saturated rings. The molecule has 11 heteroatoms. The minimum Gasteiger partial charge on any atom is -0.475 e. The number of hydrogen-bond donors (Lipinski definition) is 5. The van der Waals surface area contributed by atoms with Crippen molar-refractivity contribution in [3.63, 3.8) is 0 Å². The number of benzene rings is 1. The lowest BCUT2D eigenvalue weighted by Crippen LogP contribution is -2.53. The molecule has 0 radical (unpaired) electrons. The van der Waals surface area contributed by atoms with Crippen molar-refractivity contribution < 1.29 is 27.9 Å². The van der Waals surface area contributed by atoms with Crippen LogP contribution in [0.5, 0.6) is 0 Å². The van der Waals surface area contributed by atoms with Gasteiger partial charge in [-0.3, -0.25) is 0 Å². The monoisotopic (exact) mass is 445 g/mol. The van der Waals surface area contributed by atoms with Crippen molar-refractivity contribution in [2.24, 2.45) is 0 Å². The number of carbonyl (C=O) groups is 2. The molecule has 1 saturated heterocycles. The fraction of sp³-hybridized carbons (Fsp3) is 0.600. The highest BCUT2D eigenvalue weighted by atomic mass is 19.4. The summed E-state index contributed by atoms with van der Waals surface area (Å²) in [5, 5.41) is 20.1. The first kappa shape index (κ1) is 24.9. The van der Waals surface area contributed by atoms with E-state index in [0.717, 1.165) is 44.7 Å². The van der Waals surface area contributed by atoms with Crippen LogP contribution in [0.1, 0.15) is 31.4 Å². The normalized spacial score (nSPS) is 20.2. The highest BCUT2D eigenvalue weighted by Crippen LogP contribution is 2.19.